The zero-order valence-electron chi connectivity index (χ0n) is 4.24. The minimum Gasteiger partial charge on any atom is -0.213 e. The molecule has 48 valence electrons. The third kappa shape index (κ3) is 1.99. The molecule has 0 aliphatic heterocycles. The van der Waals surface area contributed by atoms with Crippen molar-refractivity contribution in [2.75, 3.05) is 0 Å². The standard InChI is InChI=1S/C5H2FI2N/c6-5-3(7)1-2-4(8)9-5/h1-2H. The van der Waals surface area contributed by atoms with Crippen molar-refractivity contribution in [3.05, 3.63) is 25.4 Å². The van der Waals surface area contributed by atoms with E-state index >= 15 is 0 Å². The summed E-state index contributed by atoms with van der Waals surface area (Å²) in [5.41, 5.74) is 0. The molecule has 0 radical (unpaired) electrons. The molecular weight excluding hydrogens is 347 g/mol. The molecule has 1 heterocycles. The lowest BCUT2D eigenvalue weighted by atomic mass is 10.5. The second-order valence-electron chi connectivity index (χ2n) is 1.41. The lowest BCUT2D eigenvalue weighted by molar-refractivity contribution is 0.573. The summed E-state index contributed by atoms with van der Waals surface area (Å²) in [5.74, 6) is -0.387. The molecule has 0 bridgehead atoms. The van der Waals surface area contributed by atoms with Crippen LogP contribution in [0.2, 0.25) is 0 Å². The van der Waals surface area contributed by atoms with Gasteiger partial charge >= 0.3 is 0 Å². The molecule has 1 aromatic heterocycles. The summed E-state index contributed by atoms with van der Waals surface area (Å²) in [6, 6.07) is 3.47. The molecule has 0 spiro atoms. The average Bonchev–Trinajstić information content (AvgIpc) is 1.80. The molecule has 0 aromatic carbocycles. The van der Waals surface area contributed by atoms with Crippen molar-refractivity contribution in [3.63, 3.8) is 0 Å². The normalized spacial score (nSPS) is 9.67. The number of halogens is 3. The van der Waals surface area contributed by atoms with Crippen molar-refractivity contribution in [2.24, 2.45) is 0 Å². The van der Waals surface area contributed by atoms with Crippen LogP contribution in [0.15, 0.2) is 12.1 Å². The average molecular weight is 349 g/mol. The highest BCUT2D eigenvalue weighted by molar-refractivity contribution is 14.1. The smallest absolute Gasteiger partial charge is 0.213 e. The molecule has 4 heteroatoms. The first kappa shape index (κ1) is 7.64. The largest absolute Gasteiger partial charge is 0.227 e. The van der Waals surface area contributed by atoms with E-state index in [2.05, 4.69) is 4.98 Å². The third-order valence-corrected chi connectivity index (χ3v) is 2.17. The molecule has 9 heavy (non-hydrogen) atoms. The van der Waals surface area contributed by atoms with Crippen LogP contribution in [0.25, 0.3) is 0 Å². The first-order chi connectivity index (χ1) is 4.20. The van der Waals surface area contributed by atoms with Crippen LogP contribution in [0, 0.1) is 13.2 Å². The first-order valence-corrected chi connectivity index (χ1v) is 4.33. The molecule has 1 aromatic rings. The van der Waals surface area contributed by atoms with E-state index in [1.54, 1.807) is 12.1 Å². The van der Waals surface area contributed by atoms with E-state index in [1.165, 1.54) is 0 Å². The van der Waals surface area contributed by atoms with Gasteiger partial charge in [-0.2, -0.15) is 4.39 Å². The molecular formula is C5H2FI2N. The minimum atomic E-state index is -0.387. The van der Waals surface area contributed by atoms with Crippen LogP contribution in [0.1, 0.15) is 0 Å². The Morgan fingerprint density at radius 3 is 2.44 bits per heavy atom. The van der Waals surface area contributed by atoms with Gasteiger partial charge < -0.3 is 0 Å². The van der Waals surface area contributed by atoms with Crippen LogP contribution in [0.3, 0.4) is 0 Å². The summed E-state index contributed by atoms with van der Waals surface area (Å²) in [4.78, 5) is 3.59. The summed E-state index contributed by atoms with van der Waals surface area (Å²) in [6.07, 6.45) is 0. The first-order valence-electron chi connectivity index (χ1n) is 2.17. The maximum Gasteiger partial charge on any atom is 0.227 e. The maximum atomic E-state index is 12.5. The molecule has 1 rings (SSSR count). The van der Waals surface area contributed by atoms with Gasteiger partial charge in [-0.1, -0.05) is 0 Å². The predicted octanol–water partition coefficient (Wildman–Crippen LogP) is 2.43. The lowest BCUT2D eigenvalue weighted by Crippen LogP contribution is -1.88. The summed E-state index contributed by atoms with van der Waals surface area (Å²) in [6.45, 7) is 0. The summed E-state index contributed by atoms with van der Waals surface area (Å²) in [5, 5.41) is 0. The van der Waals surface area contributed by atoms with Crippen LogP contribution in [0.4, 0.5) is 4.39 Å². The van der Waals surface area contributed by atoms with Crippen molar-refractivity contribution < 1.29 is 4.39 Å². The number of pyridine rings is 1. The van der Waals surface area contributed by atoms with Crippen LogP contribution >= 0.6 is 45.2 Å². The molecule has 0 atom stereocenters. The van der Waals surface area contributed by atoms with E-state index in [4.69, 9.17) is 0 Å². The van der Waals surface area contributed by atoms with Gasteiger partial charge in [-0.25, -0.2) is 4.98 Å². The van der Waals surface area contributed by atoms with Gasteiger partial charge in [0.25, 0.3) is 0 Å². The van der Waals surface area contributed by atoms with Crippen LogP contribution in [-0.4, -0.2) is 4.98 Å². The third-order valence-electron chi connectivity index (χ3n) is 0.769. The Bertz CT molecular complexity index is 226. The number of rotatable bonds is 0. The predicted molar refractivity (Wildman–Crippen MR) is 49.6 cm³/mol. The topological polar surface area (TPSA) is 12.9 Å². The number of hydrogen-bond acceptors (Lipinski definition) is 1. The minimum absolute atomic E-state index is 0.387. The van der Waals surface area contributed by atoms with Crippen molar-refractivity contribution in [3.8, 4) is 0 Å². The molecule has 0 saturated heterocycles. The monoisotopic (exact) mass is 349 g/mol. The molecule has 1 nitrogen and oxygen atoms in total. The fraction of sp³-hybridized carbons (Fsp3) is 0. The number of hydrogen-bond donors (Lipinski definition) is 0. The fourth-order valence-electron chi connectivity index (χ4n) is 0.395. The van der Waals surface area contributed by atoms with Crippen LogP contribution in [0.5, 0.6) is 0 Å². The summed E-state index contributed by atoms with van der Waals surface area (Å²) >= 11 is 3.87. The van der Waals surface area contributed by atoms with E-state index < -0.39 is 0 Å². The SMILES string of the molecule is Fc1nc(I)ccc1I. The van der Waals surface area contributed by atoms with E-state index in [1.807, 2.05) is 45.2 Å². The van der Waals surface area contributed by atoms with Gasteiger partial charge in [-0.05, 0) is 57.3 Å². The van der Waals surface area contributed by atoms with Crippen LogP contribution in [-0.2, 0) is 0 Å². The number of aromatic nitrogens is 1. The molecule has 0 saturated carbocycles. The van der Waals surface area contributed by atoms with Gasteiger partial charge in [-0.3, -0.25) is 0 Å². The Hall–Kier alpha value is 0.540. The molecule has 0 amide bonds. The van der Waals surface area contributed by atoms with E-state index in [0.29, 0.717) is 7.27 Å². The molecule has 0 aliphatic rings. The zero-order valence-corrected chi connectivity index (χ0v) is 8.55. The second kappa shape index (κ2) is 3.09. The van der Waals surface area contributed by atoms with E-state index in [0.717, 1.165) is 0 Å². The highest BCUT2D eigenvalue weighted by Gasteiger charge is 1.97. The molecule has 0 aliphatic carbocycles. The summed E-state index contributed by atoms with van der Waals surface area (Å²) in [7, 11) is 0. The highest BCUT2D eigenvalue weighted by atomic mass is 127. The molecule has 0 N–H and O–H groups in total. The van der Waals surface area contributed by atoms with E-state index in [9.17, 15) is 4.39 Å². The Morgan fingerprint density at radius 1 is 1.33 bits per heavy atom. The van der Waals surface area contributed by atoms with Gasteiger partial charge in [0.15, 0.2) is 0 Å². The maximum absolute atomic E-state index is 12.5. The van der Waals surface area contributed by atoms with Crippen molar-refractivity contribution in [2.45, 2.75) is 0 Å². The second-order valence-corrected chi connectivity index (χ2v) is 3.67. The fourth-order valence-corrected chi connectivity index (χ4v) is 1.09. The Morgan fingerprint density at radius 2 is 2.00 bits per heavy atom. The Kier molecular flexibility index (Phi) is 2.62. The lowest BCUT2D eigenvalue weighted by Gasteiger charge is -1.91. The quantitative estimate of drug-likeness (QED) is 0.518. The van der Waals surface area contributed by atoms with Gasteiger partial charge in [-0.15, -0.1) is 0 Å². The van der Waals surface area contributed by atoms with Gasteiger partial charge in [0.2, 0.25) is 5.95 Å². The summed E-state index contributed by atoms with van der Waals surface area (Å²) < 4.78 is 13.7. The van der Waals surface area contributed by atoms with Gasteiger partial charge in [0.1, 0.15) is 3.70 Å². The van der Waals surface area contributed by atoms with Gasteiger partial charge in [0.05, 0.1) is 3.57 Å². The number of nitrogens with zero attached hydrogens (tertiary/aromatic N) is 1. The van der Waals surface area contributed by atoms with Gasteiger partial charge in [0, 0.05) is 0 Å². The highest BCUT2D eigenvalue weighted by Crippen LogP contribution is 2.09. The Balaban J connectivity index is 3.17. The Labute approximate surface area is 79.3 Å². The van der Waals surface area contributed by atoms with Crippen molar-refractivity contribution in [1.29, 1.82) is 0 Å². The van der Waals surface area contributed by atoms with Crippen LogP contribution < -0.4 is 0 Å². The molecule has 0 fully saturated rings. The van der Waals surface area contributed by atoms with E-state index in [-0.39, 0.29) is 5.95 Å². The molecule has 0 unspecified atom stereocenters. The van der Waals surface area contributed by atoms with Crippen molar-refractivity contribution >= 4 is 45.2 Å². The van der Waals surface area contributed by atoms with Crippen molar-refractivity contribution in [1.82, 2.24) is 4.98 Å². The zero-order chi connectivity index (χ0) is 6.85.